The van der Waals surface area contributed by atoms with E-state index in [9.17, 15) is 14.6 Å². The highest BCUT2D eigenvalue weighted by Gasteiger charge is 2.08. The molecule has 2 rings (SSSR count). The van der Waals surface area contributed by atoms with Crippen molar-refractivity contribution in [1.82, 2.24) is 0 Å². The third kappa shape index (κ3) is 1.21. The Bertz CT molecular complexity index is 461. The van der Waals surface area contributed by atoms with E-state index in [1.807, 2.05) is 0 Å². The van der Waals surface area contributed by atoms with Gasteiger partial charge in [-0.25, -0.2) is 4.39 Å². The number of hydrogen-bond acceptors (Lipinski definition) is 3. The van der Waals surface area contributed by atoms with E-state index < -0.39 is 5.82 Å². The molecule has 0 saturated carbocycles. The molecule has 4 heteroatoms. The average molecular weight is 194 g/mol. The highest BCUT2D eigenvalue weighted by molar-refractivity contribution is 5.93. The summed E-state index contributed by atoms with van der Waals surface area (Å²) in [7, 11) is 0. The number of benzene rings is 2. The number of phenolic OH excluding ortho intramolecular Hbond substituents is 3. The van der Waals surface area contributed by atoms with Crippen molar-refractivity contribution in [1.29, 1.82) is 0 Å². The highest BCUT2D eigenvalue weighted by atomic mass is 19.1. The van der Waals surface area contributed by atoms with Gasteiger partial charge in [-0.1, -0.05) is 0 Å². The summed E-state index contributed by atoms with van der Waals surface area (Å²) in [6.07, 6.45) is 0. The van der Waals surface area contributed by atoms with Crippen molar-refractivity contribution >= 4 is 10.8 Å². The normalized spacial score (nSPS) is 10.6. The van der Waals surface area contributed by atoms with Crippen molar-refractivity contribution in [2.24, 2.45) is 0 Å². The summed E-state index contributed by atoms with van der Waals surface area (Å²) < 4.78 is 12.8. The Morgan fingerprint density at radius 3 is 2.07 bits per heavy atom. The van der Waals surface area contributed by atoms with Gasteiger partial charge in [-0.3, -0.25) is 0 Å². The van der Waals surface area contributed by atoms with Gasteiger partial charge in [0.15, 0.2) is 0 Å². The fraction of sp³-hybridized carbons (Fsp3) is 0. The molecule has 0 heterocycles. The molecule has 0 aliphatic rings. The lowest BCUT2D eigenvalue weighted by Gasteiger charge is -2.04. The Kier molecular flexibility index (Phi) is 1.70. The number of hydrogen-bond donors (Lipinski definition) is 3. The monoisotopic (exact) mass is 194 g/mol. The van der Waals surface area contributed by atoms with Gasteiger partial charge >= 0.3 is 0 Å². The number of aromatic hydroxyl groups is 3. The van der Waals surface area contributed by atoms with Crippen LogP contribution in [-0.4, -0.2) is 15.3 Å². The second-order valence-corrected chi connectivity index (χ2v) is 2.98. The molecule has 0 amide bonds. The van der Waals surface area contributed by atoms with Gasteiger partial charge in [-0.15, -0.1) is 0 Å². The molecule has 0 unspecified atom stereocenters. The second-order valence-electron chi connectivity index (χ2n) is 2.98. The minimum atomic E-state index is -0.643. The molecule has 3 nitrogen and oxygen atoms in total. The van der Waals surface area contributed by atoms with Crippen LogP contribution in [0.5, 0.6) is 17.2 Å². The Morgan fingerprint density at radius 2 is 1.36 bits per heavy atom. The minimum Gasteiger partial charge on any atom is -0.508 e. The second kappa shape index (κ2) is 2.77. The fourth-order valence-electron chi connectivity index (χ4n) is 1.37. The number of rotatable bonds is 0. The van der Waals surface area contributed by atoms with Gasteiger partial charge < -0.3 is 15.3 Å². The van der Waals surface area contributed by atoms with Crippen LogP contribution >= 0.6 is 0 Å². The van der Waals surface area contributed by atoms with Gasteiger partial charge in [0.05, 0.1) is 0 Å². The summed E-state index contributed by atoms with van der Waals surface area (Å²) in [5, 5.41) is 28.2. The molecule has 14 heavy (non-hydrogen) atoms. The molecule has 2 aromatic rings. The fourth-order valence-corrected chi connectivity index (χ4v) is 1.37. The van der Waals surface area contributed by atoms with Crippen LogP contribution in [0.2, 0.25) is 0 Å². The first-order valence-corrected chi connectivity index (χ1v) is 3.92. The molecule has 0 atom stereocenters. The van der Waals surface area contributed by atoms with Crippen LogP contribution in [0.15, 0.2) is 24.3 Å². The molecular formula is C10H7FO3. The molecule has 0 bridgehead atoms. The third-order valence-electron chi connectivity index (χ3n) is 1.98. The van der Waals surface area contributed by atoms with Crippen LogP contribution in [0.1, 0.15) is 0 Å². The summed E-state index contributed by atoms with van der Waals surface area (Å²) in [6, 6.07) is 4.34. The summed E-state index contributed by atoms with van der Waals surface area (Å²) in [5.74, 6) is -1.41. The predicted octanol–water partition coefficient (Wildman–Crippen LogP) is 2.10. The standard InChI is InChI=1S/C10H7FO3/c11-5-1-7-8(9(13)2-5)3-6(12)4-10(7)14/h1-4,12-14H. The first kappa shape index (κ1) is 8.62. The lowest BCUT2D eigenvalue weighted by molar-refractivity contribution is 0.451. The van der Waals surface area contributed by atoms with E-state index in [1.165, 1.54) is 6.07 Å². The molecule has 0 aliphatic heterocycles. The van der Waals surface area contributed by atoms with E-state index in [4.69, 9.17) is 5.11 Å². The van der Waals surface area contributed by atoms with Crippen molar-refractivity contribution < 1.29 is 19.7 Å². The summed E-state index contributed by atoms with van der Waals surface area (Å²) >= 11 is 0. The molecule has 3 N–H and O–H groups in total. The van der Waals surface area contributed by atoms with Gasteiger partial charge in [0.2, 0.25) is 0 Å². The van der Waals surface area contributed by atoms with Crippen molar-refractivity contribution in [2.45, 2.75) is 0 Å². The van der Waals surface area contributed by atoms with Crippen LogP contribution in [0.3, 0.4) is 0 Å². The molecule has 0 spiro atoms. The zero-order valence-corrected chi connectivity index (χ0v) is 7.03. The molecule has 72 valence electrons. The van der Waals surface area contributed by atoms with E-state index in [2.05, 4.69) is 0 Å². The quantitative estimate of drug-likeness (QED) is 0.601. The van der Waals surface area contributed by atoms with Gasteiger partial charge in [0, 0.05) is 22.9 Å². The maximum absolute atomic E-state index is 12.8. The van der Waals surface area contributed by atoms with E-state index >= 15 is 0 Å². The smallest absolute Gasteiger partial charge is 0.127 e. The topological polar surface area (TPSA) is 60.7 Å². The molecule has 2 aromatic carbocycles. The lowest BCUT2D eigenvalue weighted by Crippen LogP contribution is -1.79. The number of fused-ring (bicyclic) bond motifs is 1. The lowest BCUT2D eigenvalue weighted by atomic mass is 10.1. The molecule has 0 aliphatic carbocycles. The molecule has 0 aromatic heterocycles. The SMILES string of the molecule is Oc1cc(O)c2cc(F)cc(O)c2c1. The van der Waals surface area contributed by atoms with Crippen molar-refractivity contribution in [3.63, 3.8) is 0 Å². The van der Waals surface area contributed by atoms with E-state index in [1.54, 1.807) is 0 Å². The van der Waals surface area contributed by atoms with Gasteiger partial charge in [-0.2, -0.15) is 0 Å². The van der Waals surface area contributed by atoms with Crippen LogP contribution in [0.4, 0.5) is 4.39 Å². The zero-order valence-electron chi connectivity index (χ0n) is 7.03. The minimum absolute atomic E-state index is 0.167. The van der Waals surface area contributed by atoms with Crippen LogP contribution < -0.4 is 0 Å². The van der Waals surface area contributed by atoms with Crippen molar-refractivity contribution in [3.05, 3.63) is 30.1 Å². The van der Waals surface area contributed by atoms with E-state index in [0.29, 0.717) is 0 Å². The zero-order chi connectivity index (χ0) is 10.3. The maximum atomic E-state index is 12.8. The molecular weight excluding hydrogens is 187 g/mol. The van der Waals surface area contributed by atoms with Gasteiger partial charge in [0.25, 0.3) is 0 Å². The maximum Gasteiger partial charge on any atom is 0.127 e. The summed E-state index contributed by atoms with van der Waals surface area (Å²) in [6.45, 7) is 0. The predicted molar refractivity (Wildman–Crippen MR) is 48.9 cm³/mol. The Morgan fingerprint density at radius 1 is 0.786 bits per heavy atom. The van der Waals surface area contributed by atoms with Crippen LogP contribution in [0.25, 0.3) is 10.8 Å². The van der Waals surface area contributed by atoms with Crippen molar-refractivity contribution in [3.8, 4) is 17.2 Å². The van der Waals surface area contributed by atoms with Crippen molar-refractivity contribution in [2.75, 3.05) is 0 Å². The number of halogens is 1. The Labute approximate surface area is 78.7 Å². The van der Waals surface area contributed by atoms with E-state index in [-0.39, 0.29) is 28.0 Å². The highest BCUT2D eigenvalue weighted by Crippen LogP contribution is 2.35. The van der Waals surface area contributed by atoms with Gasteiger partial charge in [-0.05, 0) is 12.1 Å². The molecule has 0 radical (unpaired) electrons. The number of phenols is 3. The first-order valence-electron chi connectivity index (χ1n) is 3.92. The summed E-state index contributed by atoms with van der Waals surface area (Å²) in [4.78, 5) is 0. The average Bonchev–Trinajstić information content (AvgIpc) is 2.07. The van der Waals surface area contributed by atoms with Gasteiger partial charge in [0.1, 0.15) is 23.1 Å². The Balaban J connectivity index is 2.94. The molecule has 0 fully saturated rings. The third-order valence-corrected chi connectivity index (χ3v) is 1.98. The van der Waals surface area contributed by atoms with E-state index in [0.717, 1.165) is 18.2 Å². The largest absolute Gasteiger partial charge is 0.508 e. The molecule has 0 saturated heterocycles. The van der Waals surface area contributed by atoms with Crippen LogP contribution in [-0.2, 0) is 0 Å². The summed E-state index contributed by atoms with van der Waals surface area (Å²) in [5.41, 5.74) is 0. The first-order chi connectivity index (χ1) is 6.58. The van der Waals surface area contributed by atoms with Crippen LogP contribution in [0, 0.1) is 5.82 Å². The Hall–Kier alpha value is -1.97.